The van der Waals surface area contributed by atoms with Crippen molar-refractivity contribution in [2.24, 2.45) is 0 Å². The van der Waals surface area contributed by atoms with Gasteiger partial charge in [0.25, 0.3) is 5.91 Å². The first kappa shape index (κ1) is 14.8. The lowest BCUT2D eigenvalue weighted by Crippen LogP contribution is -2.12. The van der Waals surface area contributed by atoms with Crippen LogP contribution in [0.4, 0.5) is 5.69 Å². The van der Waals surface area contributed by atoms with Crippen LogP contribution in [0, 0.1) is 10.5 Å². The highest BCUT2D eigenvalue weighted by Gasteiger charge is 2.09. The summed E-state index contributed by atoms with van der Waals surface area (Å²) in [5.41, 5.74) is 2.29. The minimum atomic E-state index is -0.165. The number of carbonyl (C=O) groups excluding carboxylic acids is 1. The third-order valence-corrected chi connectivity index (χ3v) is 4.41. The Morgan fingerprint density at radius 3 is 2.63 bits per heavy atom. The molecule has 0 unspecified atom stereocenters. The molecule has 0 atom stereocenters. The SMILES string of the molecule is Cc1ccc(C(=O)Nc2ccc(Br)cc2I)cc1Cl. The van der Waals surface area contributed by atoms with Crippen molar-refractivity contribution in [3.05, 3.63) is 60.6 Å². The topological polar surface area (TPSA) is 29.1 Å². The van der Waals surface area contributed by atoms with E-state index in [-0.39, 0.29) is 5.91 Å². The molecule has 0 aromatic heterocycles. The molecule has 98 valence electrons. The van der Waals surface area contributed by atoms with Crippen LogP contribution < -0.4 is 5.32 Å². The van der Waals surface area contributed by atoms with E-state index >= 15 is 0 Å². The number of halogens is 3. The van der Waals surface area contributed by atoms with E-state index in [1.54, 1.807) is 12.1 Å². The van der Waals surface area contributed by atoms with Crippen LogP contribution in [0.1, 0.15) is 15.9 Å². The molecule has 0 aliphatic carbocycles. The van der Waals surface area contributed by atoms with Crippen molar-refractivity contribution in [3.63, 3.8) is 0 Å². The minimum absolute atomic E-state index is 0.165. The van der Waals surface area contributed by atoms with E-state index in [2.05, 4.69) is 43.8 Å². The molecule has 0 spiro atoms. The fraction of sp³-hybridized carbons (Fsp3) is 0.0714. The normalized spacial score (nSPS) is 10.3. The summed E-state index contributed by atoms with van der Waals surface area (Å²) in [5, 5.41) is 3.47. The first-order valence-corrected chi connectivity index (χ1v) is 7.75. The zero-order valence-electron chi connectivity index (χ0n) is 10.0. The molecule has 0 radical (unpaired) electrons. The molecule has 0 saturated carbocycles. The number of anilines is 1. The molecular weight excluding hydrogens is 440 g/mol. The van der Waals surface area contributed by atoms with Gasteiger partial charge >= 0.3 is 0 Å². The second-order valence-corrected chi connectivity index (χ2v) is 6.53. The molecule has 0 aliphatic rings. The van der Waals surface area contributed by atoms with Gasteiger partial charge in [-0.15, -0.1) is 0 Å². The van der Waals surface area contributed by atoms with Crippen molar-refractivity contribution in [1.82, 2.24) is 0 Å². The Morgan fingerprint density at radius 1 is 1.26 bits per heavy atom. The fourth-order valence-corrected chi connectivity index (χ4v) is 3.14. The van der Waals surface area contributed by atoms with E-state index in [1.807, 2.05) is 31.2 Å². The van der Waals surface area contributed by atoms with Gasteiger partial charge in [-0.2, -0.15) is 0 Å². The monoisotopic (exact) mass is 449 g/mol. The van der Waals surface area contributed by atoms with E-state index in [4.69, 9.17) is 11.6 Å². The molecule has 2 aromatic rings. The quantitative estimate of drug-likeness (QED) is 0.621. The number of aryl methyl sites for hydroxylation is 1. The van der Waals surface area contributed by atoms with Gasteiger partial charge in [0.15, 0.2) is 0 Å². The van der Waals surface area contributed by atoms with E-state index in [9.17, 15) is 4.79 Å². The van der Waals surface area contributed by atoms with Gasteiger partial charge in [0.2, 0.25) is 0 Å². The molecule has 5 heteroatoms. The van der Waals surface area contributed by atoms with E-state index in [0.717, 1.165) is 19.3 Å². The zero-order valence-corrected chi connectivity index (χ0v) is 14.5. The third-order valence-electron chi connectivity index (χ3n) is 2.61. The molecule has 0 heterocycles. The van der Waals surface area contributed by atoms with Gasteiger partial charge in [-0.3, -0.25) is 4.79 Å². The Labute approximate surface area is 138 Å². The smallest absolute Gasteiger partial charge is 0.255 e. The third kappa shape index (κ3) is 3.70. The summed E-state index contributed by atoms with van der Waals surface area (Å²) in [5.74, 6) is -0.165. The van der Waals surface area contributed by atoms with Crippen molar-refractivity contribution in [1.29, 1.82) is 0 Å². The Bertz CT molecular complexity index is 645. The number of nitrogens with one attached hydrogen (secondary N) is 1. The second-order valence-electron chi connectivity index (χ2n) is 4.04. The van der Waals surface area contributed by atoms with Crippen LogP contribution in [0.25, 0.3) is 0 Å². The van der Waals surface area contributed by atoms with Gasteiger partial charge in [-0.05, 0) is 65.4 Å². The van der Waals surface area contributed by atoms with Crippen LogP contribution in [0.2, 0.25) is 5.02 Å². The molecular formula is C14H10BrClINO. The van der Waals surface area contributed by atoms with E-state index in [1.165, 1.54) is 0 Å². The van der Waals surface area contributed by atoms with Crippen LogP contribution in [-0.4, -0.2) is 5.91 Å². The van der Waals surface area contributed by atoms with Gasteiger partial charge in [0.1, 0.15) is 0 Å². The van der Waals surface area contributed by atoms with Crippen molar-refractivity contribution in [3.8, 4) is 0 Å². The van der Waals surface area contributed by atoms with Gasteiger partial charge in [-0.25, -0.2) is 0 Å². The lowest BCUT2D eigenvalue weighted by Gasteiger charge is -2.08. The predicted octanol–water partition coefficient (Wildman–Crippen LogP) is 5.27. The average Bonchev–Trinajstić information content (AvgIpc) is 2.36. The molecule has 19 heavy (non-hydrogen) atoms. The number of hydrogen-bond donors (Lipinski definition) is 1. The van der Waals surface area contributed by atoms with Crippen LogP contribution in [-0.2, 0) is 0 Å². The summed E-state index contributed by atoms with van der Waals surface area (Å²) in [6, 6.07) is 11.0. The molecule has 1 N–H and O–H groups in total. The Hall–Kier alpha value is -0.590. The lowest BCUT2D eigenvalue weighted by atomic mass is 10.1. The Balaban J connectivity index is 2.23. The van der Waals surface area contributed by atoms with E-state index < -0.39 is 0 Å². The van der Waals surface area contributed by atoms with Crippen molar-refractivity contribution in [2.75, 3.05) is 5.32 Å². The highest BCUT2D eigenvalue weighted by atomic mass is 127. The van der Waals surface area contributed by atoms with Crippen LogP contribution in [0.15, 0.2) is 40.9 Å². The van der Waals surface area contributed by atoms with Crippen molar-refractivity contribution in [2.45, 2.75) is 6.92 Å². The Morgan fingerprint density at radius 2 is 2.00 bits per heavy atom. The molecule has 0 saturated heterocycles. The van der Waals surface area contributed by atoms with Gasteiger partial charge in [-0.1, -0.05) is 33.6 Å². The maximum atomic E-state index is 12.1. The number of amides is 1. The minimum Gasteiger partial charge on any atom is -0.321 e. The van der Waals surface area contributed by atoms with Gasteiger partial charge in [0, 0.05) is 18.6 Å². The maximum Gasteiger partial charge on any atom is 0.255 e. The molecule has 0 fully saturated rings. The summed E-state index contributed by atoms with van der Waals surface area (Å²) in [4.78, 5) is 12.1. The zero-order chi connectivity index (χ0) is 14.0. The molecule has 0 bridgehead atoms. The fourth-order valence-electron chi connectivity index (χ4n) is 1.52. The average molecular weight is 451 g/mol. The lowest BCUT2D eigenvalue weighted by molar-refractivity contribution is 0.102. The predicted molar refractivity (Wildman–Crippen MR) is 91.0 cm³/mol. The summed E-state index contributed by atoms with van der Waals surface area (Å²) in [6.45, 7) is 1.90. The summed E-state index contributed by atoms with van der Waals surface area (Å²) >= 11 is 11.6. The molecule has 1 amide bonds. The second kappa shape index (κ2) is 6.24. The Kier molecular flexibility index (Phi) is 4.86. The van der Waals surface area contributed by atoms with Gasteiger partial charge < -0.3 is 5.32 Å². The largest absolute Gasteiger partial charge is 0.321 e. The van der Waals surface area contributed by atoms with Crippen LogP contribution in [0.5, 0.6) is 0 Å². The molecule has 0 aliphatic heterocycles. The number of rotatable bonds is 2. The van der Waals surface area contributed by atoms with Crippen LogP contribution >= 0.6 is 50.1 Å². The number of benzene rings is 2. The molecule has 2 rings (SSSR count). The van der Waals surface area contributed by atoms with Gasteiger partial charge in [0.05, 0.1) is 5.69 Å². The summed E-state index contributed by atoms with van der Waals surface area (Å²) < 4.78 is 1.95. The van der Waals surface area contributed by atoms with E-state index in [0.29, 0.717) is 10.6 Å². The summed E-state index contributed by atoms with van der Waals surface area (Å²) in [6.07, 6.45) is 0. The van der Waals surface area contributed by atoms with Crippen molar-refractivity contribution >= 4 is 61.7 Å². The highest BCUT2D eigenvalue weighted by Crippen LogP contribution is 2.24. The number of carbonyl (C=O) groups is 1. The highest BCUT2D eigenvalue weighted by molar-refractivity contribution is 14.1. The number of hydrogen-bond acceptors (Lipinski definition) is 1. The first-order valence-electron chi connectivity index (χ1n) is 5.50. The molecule has 2 nitrogen and oxygen atoms in total. The maximum absolute atomic E-state index is 12.1. The van der Waals surface area contributed by atoms with Crippen LogP contribution in [0.3, 0.4) is 0 Å². The summed E-state index contributed by atoms with van der Waals surface area (Å²) in [7, 11) is 0. The standard InChI is InChI=1S/C14H10BrClINO/c1-8-2-3-9(6-11(8)16)14(19)18-13-5-4-10(15)7-12(13)17/h2-7H,1H3,(H,18,19). The molecule has 2 aromatic carbocycles. The van der Waals surface area contributed by atoms with Crippen molar-refractivity contribution < 1.29 is 4.79 Å². The first-order chi connectivity index (χ1) is 8.97.